The minimum absolute atomic E-state index is 0. The van der Waals surface area contributed by atoms with Gasteiger partial charge >= 0.3 is 29.6 Å². The van der Waals surface area contributed by atoms with Crippen LogP contribution in [0, 0.1) is 0 Å². The smallest absolute Gasteiger partial charge is 0.768 e. The van der Waals surface area contributed by atoms with Gasteiger partial charge in [-0.1, -0.05) is 0 Å². The summed E-state index contributed by atoms with van der Waals surface area (Å²) < 4.78 is 20.6. The molecule has 0 fully saturated rings. The second-order valence-corrected chi connectivity index (χ2v) is 3.19. The fraction of sp³-hybridized carbons (Fsp3) is 0. The first-order chi connectivity index (χ1) is 4.70. The van der Waals surface area contributed by atoms with Gasteiger partial charge < -0.3 is 4.55 Å². The fourth-order valence-corrected chi connectivity index (χ4v) is 1.06. The average molecular weight is 196 g/mol. The van der Waals surface area contributed by atoms with Crippen LogP contribution in [0.15, 0.2) is 34.1 Å². The summed E-state index contributed by atoms with van der Waals surface area (Å²) in [6, 6.07) is 6.28. The quantitative estimate of drug-likeness (QED) is 0.328. The summed E-state index contributed by atoms with van der Waals surface area (Å²) in [6.07, 6.45) is 0. The molecule has 11 heavy (non-hydrogen) atoms. The van der Waals surface area contributed by atoms with Crippen molar-refractivity contribution in [2.24, 2.45) is 0 Å². The number of thiol groups is 1. The van der Waals surface area contributed by atoms with Crippen molar-refractivity contribution >= 4 is 23.7 Å². The van der Waals surface area contributed by atoms with E-state index in [1.807, 2.05) is 0 Å². The number of hydrogen-bond donors (Lipinski definition) is 1. The number of rotatable bonds is 1. The van der Waals surface area contributed by atoms with Crippen LogP contribution in [0.5, 0.6) is 0 Å². The van der Waals surface area contributed by atoms with Gasteiger partial charge in [-0.05, 0) is 35.3 Å². The van der Waals surface area contributed by atoms with Crippen LogP contribution in [0.3, 0.4) is 0 Å². The Labute approximate surface area is 95.4 Å². The Balaban J connectivity index is 0.000001000. The predicted molar refractivity (Wildman–Crippen MR) is 40.9 cm³/mol. The molecule has 0 aliphatic carbocycles. The van der Waals surface area contributed by atoms with Gasteiger partial charge in [0.25, 0.3) is 0 Å². The molecule has 1 rings (SSSR count). The van der Waals surface area contributed by atoms with Gasteiger partial charge in [-0.3, -0.25) is 4.21 Å². The van der Waals surface area contributed by atoms with Crippen molar-refractivity contribution in [3.8, 4) is 0 Å². The molecule has 0 saturated heterocycles. The Kier molecular flexibility index (Phi) is 5.68. The first-order valence-electron chi connectivity index (χ1n) is 2.58. The molecule has 0 amide bonds. The van der Waals surface area contributed by atoms with Crippen molar-refractivity contribution in [2.75, 3.05) is 0 Å². The maximum Gasteiger partial charge on any atom is 1.00 e. The van der Waals surface area contributed by atoms with E-state index in [1.54, 1.807) is 12.1 Å². The van der Waals surface area contributed by atoms with E-state index in [1.165, 1.54) is 12.1 Å². The summed E-state index contributed by atoms with van der Waals surface area (Å²) in [4.78, 5) is 1.05. The van der Waals surface area contributed by atoms with Crippen molar-refractivity contribution < 1.29 is 38.3 Å². The van der Waals surface area contributed by atoms with Crippen molar-refractivity contribution in [3.05, 3.63) is 24.3 Å². The predicted octanol–water partition coefficient (Wildman–Crippen LogP) is -1.78. The molecule has 1 aromatic carbocycles. The molecule has 0 radical (unpaired) electrons. The molecule has 0 bridgehead atoms. The van der Waals surface area contributed by atoms with E-state index in [-0.39, 0.29) is 34.5 Å². The Morgan fingerprint density at radius 1 is 1.27 bits per heavy atom. The van der Waals surface area contributed by atoms with E-state index >= 15 is 0 Å². The topological polar surface area (TPSA) is 40.1 Å². The third-order valence-corrected chi connectivity index (χ3v) is 1.98. The van der Waals surface area contributed by atoms with E-state index in [9.17, 15) is 8.76 Å². The zero-order chi connectivity index (χ0) is 7.56. The molecular weight excluding hydrogens is 191 g/mol. The monoisotopic (exact) mass is 196 g/mol. The van der Waals surface area contributed by atoms with Gasteiger partial charge in [-0.25, -0.2) is 0 Å². The van der Waals surface area contributed by atoms with Crippen LogP contribution in [0.2, 0.25) is 0 Å². The molecular formula is C6H5NaO2S2. The molecule has 0 heterocycles. The Morgan fingerprint density at radius 3 is 2.09 bits per heavy atom. The molecule has 2 nitrogen and oxygen atoms in total. The van der Waals surface area contributed by atoms with Crippen LogP contribution in [0.25, 0.3) is 0 Å². The van der Waals surface area contributed by atoms with Gasteiger partial charge in [0.05, 0.1) is 0 Å². The Hall–Kier alpha value is 0.680. The van der Waals surface area contributed by atoms with Crippen LogP contribution < -0.4 is 29.6 Å². The van der Waals surface area contributed by atoms with E-state index in [4.69, 9.17) is 0 Å². The van der Waals surface area contributed by atoms with E-state index in [0.717, 1.165) is 4.90 Å². The molecule has 0 aliphatic heterocycles. The molecule has 1 atom stereocenters. The minimum Gasteiger partial charge on any atom is -0.768 e. The van der Waals surface area contributed by atoms with Crippen LogP contribution in [-0.4, -0.2) is 8.76 Å². The molecule has 1 unspecified atom stereocenters. The van der Waals surface area contributed by atoms with Gasteiger partial charge in [0.15, 0.2) is 0 Å². The summed E-state index contributed by atoms with van der Waals surface area (Å²) >= 11 is 1.88. The van der Waals surface area contributed by atoms with Gasteiger partial charge in [0, 0.05) is 9.79 Å². The molecule has 1 aromatic rings. The SMILES string of the molecule is O=S([O-])c1ccc(S)cc1.[Na+]. The van der Waals surface area contributed by atoms with E-state index in [2.05, 4.69) is 12.6 Å². The van der Waals surface area contributed by atoms with Gasteiger partial charge in [0.1, 0.15) is 0 Å². The fourth-order valence-electron chi connectivity index (χ4n) is 0.557. The average Bonchev–Trinajstić information content (AvgIpc) is 1.88. The van der Waals surface area contributed by atoms with Gasteiger partial charge in [-0.15, -0.1) is 12.6 Å². The Bertz CT molecular complexity index is 247. The van der Waals surface area contributed by atoms with Crippen LogP contribution in [-0.2, 0) is 11.1 Å². The molecule has 0 aromatic heterocycles. The van der Waals surface area contributed by atoms with Crippen molar-refractivity contribution in [1.29, 1.82) is 0 Å². The van der Waals surface area contributed by atoms with E-state index < -0.39 is 11.1 Å². The third-order valence-electron chi connectivity index (χ3n) is 1.03. The maximum absolute atomic E-state index is 10.3. The second-order valence-electron chi connectivity index (χ2n) is 1.73. The van der Waals surface area contributed by atoms with Crippen LogP contribution >= 0.6 is 12.6 Å². The largest absolute Gasteiger partial charge is 1.00 e. The van der Waals surface area contributed by atoms with E-state index in [0.29, 0.717) is 0 Å². The van der Waals surface area contributed by atoms with Gasteiger partial charge in [-0.2, -0.15) is 0 Å². The molecule has 54 valence electrons. The molecule has 5 heteroatoms. The zero-order valence-corrected chi connectivity index (χ0v) is 9.69. The number of hydrogen-bond acceptors (Lipinski definition) is 3. The summed E-state index contributed by atoms with van der Waals surface area (Å²) in [6.45, 7) is 0. The molecule has 0 N–H and O–H groups in total. The number of benzene rings is 1. The zero-order valence-electron chi connectivity index (χ0n) is 5.98. The second kappa shape index (κ2) is 5.35. The summed E-state index contributed by atoms with van der Waals surface area (Å²) in [5.74, 6) is 0. The van der Waals surface area contributed by atoms with Crippen molar-refractivity contribution in [3.63, 3.8) is 0 Å². The Morgan fingerprint density at radius 2 is 1.73 bits per heavy atom. The molecule has 0 saturated carbocycles. The third kappa shape index (κ3) is 3.73. The summed E-state index contributed by atoms with van der Waals surface area (Å²) in [7, 11) is 0. The minimum atomic E-state index is -2.12. The van der Waals surface area contributed by atoms with Gasteiger partial charge in [0.2, 0.25) is 0 Å². The van der Waals surface area contributed by atoms with Crippen LogP contribution in [0.4, 0.5) is 0 Å². The van der Waals surface area contributed by atoms with Crippen molar-refractivity contribution in [2.45, 2.75) is 9.79 Å². The normalized spacial score (nSPS) is 11.8. The standard InChI is InChI=1S/C6H6O2S2.Na/c7-10(8)6-3-1-5(9)2-4-6;/h1-4,9H,(H,7,8);/q;+1/p-1. The summed E-state index contributed by atoms with van der Waals surface area (Å²) in [5.41, 5.74) is 0. The molecule has 0 aliphatic rings. The molecule has 0 spiro atoms. The first-order valence-corrected chi connectivity index (χ1v) is 4.10. The summed E-state index contributed by atoms with van der Waals surface area (Å²) in [5, 5.41) is 0. The van der Waals surface area contributed by atoms with Crippen molar-refractivity contribution in [1.82, 2.24) is 0 Å². The van der Waals surface area contributed by atoms with Crippen LogP contribution in [0.1, 0.15) is 0 Å². The maximum atomic E-state index is 10.3. The first kappa shape index (κ1) is 11.7.